The summed E-state index contributed by atoms with van der Waals surface area (Å²) in [6, 6.07) is 7.98. The summed E-state index contributed by atoms with van der Waals surface area (Å²) in [6.45, 7) is 1.36. The number of pyridine rings is 1. The molecular formula is C28H36N2O5S. The molecule has 0 radical (unpaired) electrons. The van der Waals surface area contributed by atoms with Crippen molar-refractivity contribution in [2.45, 2.75) is 62.0 Å². The number of sulfone groups is 1. The molecular weight excluding hydrogens is 476 g/mol. The summed E-state index contributed by atoms with van der Waals surface area (Å²) in [4.78, 5) is 8.75. The van der Waals surface area contributed by atoms with Crippen molar-refractivity contribution < 1.29 is 23.4 Å². The molecule has 0 aromatic carbocycles. The lowest BCUT2D eigenvalue weighted by molar-refractivity contribution is 0.0624. The minimum absolute atomic E-state index is 0.120. The van der Waals surface area contributed by atoms with Crippen LogP contribution in [0.2, 0.25) is 0 Å². The number of ether oxygens (including phenoxy) is 1. The molecule has 7 nitrogen and oxygen atoms in total. The van der Waals surface area contributed by atoms with Crippen molar-refractivity contribution in [3.63, 3.8) is 0 Å². The highest BCUT2D eigenvalue weighted by Crippen LogP contribution is 2.41. The minimum atomic E-state index is -3.12. The van der Waals surface area contributed by atoms with Crippen LogP contribution in [0.1, 0.15) is 68.0 Å². The van der Waals surface area contributed by atoms with Crippen molar-refractivity contribution >= 4 is 9.84 Å². The lowest BCUT2D eigenvalue weighted by Crippen LogP contribution is -2.20. The Morgan fingerprint density at radius 3 is 2.39 bits per heavy atom. The number of nitrogens with one attached hydrogen (secondary N) is 1. The Morgan fingerprint density at radius 1 is 1.00 bits per heavy atom. The quantitative estimate of drug-likeness (QED) is 0.439. The number of hydrogen-bond acceptors (Lipinski definition) is 6. The highest BCUT2D eigenvalue weighted by atomic mass is 32.2. The molecule has 8 heteroatoms. The van der Waals surface area contributed by atoms with Crippen LogP contribution in [0.4, 0.5) is 0 Å². The Balaban J connectivity index is 1.40. The van der Waals surface area contributed by atoms with Crippen molar-refractivity contribution in [2.24, 2.45) is 5.92 Å². The number of aliphatic hydroxyl groups excluding tert-OH is 2. The van der Waals surface area contributed by atoms with Gasteiger partial charge in [0.15, 0.2) is 9.84 Å². The highest BCUT2D eigenvalue weighted by molar-refractivity contribution is 7.96. The number of nitrogens with zero attached hydrogens (tertiary/aromatic N) is 1. The number of aromatic nitrogens is 2. The number of hydrogen-bond donors (Lipinski definition) is 3. The van der Waals surface area contributed by atoms with E-state index in [0.717, 1.165) is 74.4 Å². The summed E-state index contributed by atoms with van der Waals surface area (Å²) in [5.74, 6) is 0.438. The van der Waals surface area contributed by atoms with Gasteiger partial charge in [0.1, 0.15) is 0 Å². The van der Waals surface area contributed by atoms with Crippen molar-refractivity contribution in [2.75, 3.05) is 26.4 Å². The Morgan fingerprint density at radius 2 is 1.78 bits per heavy atom. The molecule has 194 valence electrons. The van der Waals surface area contributed by atoms with Gasteiger partial charge in [0, 0.05) is 41.8 Å². The van der Waals surface area contributed by atoms with Crippen molar-refractivity contribution in [1.29, 1.82) is 0 Å². The molecule has 2 fully saturated rings. The van der Waals surface area contributed by atoms with Gasteiger partial charge >= 0.3 is 0 Å². The molecule has 2 aromatic rings. The third-order valence-corrected chi connectivity index (χ3v) is 10.3. The average molecular weight is 513 g/mol. The maximum absolute atomic E-state index is 12.7. The van der Waals surface area contributed by atoms with E-state index in [4.69, 9.17) is 4.74 Å². The third-order valence-electron chi connectivity index (χ3n) is 7.89. The lowest BCUT2D eigenvalue weighted by Gasteiger charge is -2.29. The van der Waals surface area contributed by atoms with Gasteiger partial charge in [-0.1, -0.05) is 17.7 Å². The predicted octanol–water partition coefficient (Wildman–Crippen LogP) is 4.23. The van der Waals surface area contributed by atoms with Gasteiger partial charge in [-0.2, -0.15) is 0 Å². The standard InChI is InChI=1S/C28H36N2O5S/c31-17-22(18-32)21-3-8-27(29-16-21)28-10-9-26(30-28)25(15-19-11-13-35-14-12-19)20-1-4-23(5-2-20)36(33,34)24-6-7-24/h1,3-4,8-10,16,19,22,24-25,30-32H,2,5-7,11-15,17-18H2. The van der Waals surface area contributed by atoms with Gasteiger partial charge in [0.2, 0.25) is 0 Å². The molecule has 1 aliphatic heterocycles. The summed E-state index contributed by atoms with van der Waals surface area (Å²) in [7, 11) is -3.12. The zero-order valence-corrected chi connectivity index (χ0v) is 21.4. The molecule has 3 N–H and O–H groups in total. The molecule has 1 unspecified atom stereocenters. The smallest absolute Gasteiger partial charge is 0.177 e. The number of H-pyrrole nitrogens is 1. The maximum atomic E-state index is 12.7. The first-order valence-electron chi connectivity index (χ1n) is 13.1. The van der Waals surface area contributed by atoms with E-state index in [0.29, 0.717) is 17.2 Å². The van der Waals surface area contributed by atoms with Crippen molar-refractivity contribution in [3.8, 4) is 11.4 Å². The fourth-order valence-electron chi connectivity index (χ4n) is 5.39. The molecule has 3 aliphatic rings. The minimum Gasteiger partial charge on any atom is -0.396 e. The Hall–Kier alpha value is -2.26. The van der Waals surface area contributed by atoms with E-state index < -0.39 is 9.84 Å². The van der Waals surface area contributed by atoms with Gasteiger partial charge in [0.25, 0.3) is 0 Å². The Bertz CT molecular complexity index is 1200. The molecule has 0 amide bonds. The lowest BCUT2D eigenvalue weighted by atomic mass is 9.80. The van der Waals surface area contributed by atoms with Gasteiger partial charge in [-0.05, 0) is 80.7 Å². The second kappa shape index (κ2) is 11.0. The molecule has 5 rings (SSSR count). The maximum Gasteiger partial charge on any atom is 0.177 e. The van der Waals surface area contributed by atoms with E-state index in [2.05, 4.69) is 22.1 Å². The summed E-state index contributed by atoms with van der Waals surface area (Å²) >= 11 is 0. The third kappa shape index (κ3) is 5.52. The van der Waals surface area contributed by atoms with E-state index in [-0.39, 0.29) is 30.3 Å². The van der Waals surface area contributed by atoms with Crippen molar-refractivity contribution in [1.82, 2.24) is 9.97 Å². The van der Waals surface area contributed by atoms with Crippen LogP contribution < -0.4 is 0 Å². The van der Waals surface area contributed by atoms with Gasteiger partial charge < -0.3 is 19.9 Å². The number of rotatable bonds is 10. The van der Waals surface area contributed by atoms with Crippen LogP contribution in [0, 0.1) is 5.92 Å². The molecule has 0 spiro atoms. The van der Waals surface area contributed by atoms with E-state index in [9.17, 15) is 18.6 Å². The van der Waals surface area contributed by atoms with Gasteiger partial charge in [-0.25, -0.2) is 8.42 Å². The Kier molecular flexibility index (Phi) is 7.76. The van der Waals surface area contributed by atoms with Crippen LogP contribution in [-0.2, 0) is 14.6 Å². The molecule has 1 saturated heterocycles. The number of aromatic amines is 1. The Labute approximate surface area is 213 Å². The largest absolute Gasteiger partial charge is 0.396 e. The molecule has 1 atom stereocenters. The van der Waals surface area contributed by atoms with E-state index in [1.165, 1.54) is 5.57 Å². The van der Waals surface area contributed by atoms with Crippen molar-refractivity contribution in [3.05, 3.63) is 64.3 Å². The van der Waals surface area contributed by atoms with Gasteiger partial charge in [0.05, 0.1) is 29.9 Å². The zero-order chi connectivity index (χ0) is 25.1. The summed E-state index contributed by atoms with van der Waals surface area (Å²) in [6.07, 6.45) is 11.7. The predicted molar refractivity (Wildman–Crippen MR) is 139 cm³/mol. The second-order valence-electron chi connectivity index (χ2n) is 10.3. The van der Waals surface area contributed by atoms with Crippen LogP contribution in [0.15, 0.2) is 53.1 Å². The van der Waals surface area contributed by atoms with E-state index in [1.54, 1.807) is 6.20 Å². The van der Waals surface area contributed by atoms with E-state index >= 15 is 0 Å². The molecule has 1 saturated carbocycles. The topological polar surface area (TPSA) is 113 Å². The first kappa shape index (κ1) is 25.4. The molecule has 2 aromatic heterocycles. The monoisotopic (exact) mass is 512 g/mol. The van der Waals surface area contributed by atoms with Crippen LogP contribution in [-0.4, -0.2) is 60.3 Å². The van der Waals surface area contributed by atoms with Crippen LogP contribution in [0.25, 0.3) is 11.4 Å². The van der Waals surface area contributed by atoms with Gasteiger partial charge in [-0.15, -0.1) is 0 Å². The molecule has 3 heterocycles. The number of allylic oxidation sites excluding steroid dienone is 4. The SMILES string of the molecule is O=S(=O)(C1=CC=C(C(CC2CCOCC2)c2ccc(-c3ccc(C(CO)CO)cn3)[nH]2)CC1)C1CC1. The van der Waals surface area contributed by atoms with Crippen LogP contribution in [0.3, 0.4) is 0 Å². The normalized spacial score (nSPS) is 20.3. The van der Waals surface area contributed by atoms with Crippen LogP contribution >= 0.6 is 0 Å². The average Bonchev–Trinajstić information content (AvgIpc) is 3.68. The number of aliphatic hydroxyl groups is 2. The highest BCUT2D eigenvalue weighted by Gasteiger charge is 2.38. The van der Waals surface area contributed by atoms with Crippen LogP contribution in [0.5, 0.6) is 0 Å². The first-order chi connectivity index (χ1) is 17.5. The summed E-state index contributed by atoms with van der Waals surface area (Å²) < 4.78 is 31.0. The molecule has 0 bridgehead atoms. The van der Waals surface area contributed by atoms with Gasteiger partial charge in [-0.3, -0.25) is 4.98 Å². The summed E-state index contributed by atoms with van der Waals surface area (Å²) in [5, 5.41) is 18.7. The summed E-state index contributed by atoms with van der Waals surface area (Å²) in [5.41, 5.74) is 4.94. The first-order valence-corrected chi connectivity index (χ1v) is 14.6. The molecule has 2 aliphatic carbocycles. The molecule has 36 heavy (non-hydrogen) atoms. The fraction of sp³-hybridized carbons (Fsp3) is 0.536. The zero-order valence-electron chi connectivity index (χ0n) is 20.6. The van der Waals surface area contributed by atoms with E-state index in [1.807, 2.05) is 24.3 Å². The fourth-order valence-corrected chi connectivity index (χ4v) is 7.22. The second-order valence-corrected chi connectivity index (χ2v) is 12.6.